The summed E-state index contributed by atoms with van der Waals surface area (Å²) in [6.07, 6.45) is 27.4. The molecule has 1 heteroatoms. The highest BCUT2D eigenvalue weighted by atomic mass is 16.5. The molecule has 0 N–H and O–H groups in total. The van der Waals surface area contributed by atoms with Gasteiger partial charge in [0.15, 0.2) is 0 Å². The number of rotatable bonds is 20. The summed E-state index contributed by atoms with van der Waals surface area (Å²) >= 11 is 0. The lowest BCUT2D eigenvalue weighted by Gasteiger charge is -2.17. The highest BCUT2D eigenvalue weighted by molar-refractivity contribution is 4.72. The summed E-state index contributed by atoms with van der Waals surface area (Å²) in [7, 11) is 0. The van der Waals surface area contributed by atoms with Crippen LogP contribution in [-0.2, 0) is 4.74 Å². The van der Waals surface area contributed by atoms with E-state index in [9.17, 15) is 0 Å². The van der Waals surface area contributed by atoms with Gasteiger partial charge in [-0.05, 0) is 30.6 Å². The smallest absolute Gasteiger partial charge is 0.0466 e. The van der Waals surface area contributed by atoms with Crippen molar-refractivity contribution in [3.05, 3.63) is 0 Å². The van der Waals surface area contributed by atoms with Gasteiger partial charge in [0.05, 0.1) is 0 Å². The van der Waals surface area contributed by atoms with Crippen molar-refractivity contribution >= 4 is 0 Å². The molecule has 0 atom stereocenters. The molecule has 0 saturated heterocycles. The van der Waals surface area contributed by atoms with Gasteiger partial charge in [0, 0.05) is 13.2 Å². The van der Waals surface area contributed by atoms with Gasteiger partial charge >= 0.3 is 0 Å². The van der Waals surface area contributed by atoms with Gasteiger partial charge in [-0.15, -0.1) is 0 Å². The van der Waals surface area contributed by atoms with Crippen LogP contribution >= 0.6 is 0 Å². The third kappa shape index (κ3) is 20.5. The van der Waals surface area contributed by atoms with E-state index in [4.69, 9.17) is 4.74 Å². The van der Waals surface area contributed by atoms with Crippen molar-refractivity contribution in [3.63, 3.8) is 0 Å². The first kappa shape index (κ1) is 25.0. The van der Waals surface area contributed by atoms with Crippen molar-refractivity contribution in [2.75, 3.05) is 13.2 Å². The van der Waals surface area contributed by atoms with E-state index in [0.717, 1.165) is 19.1 Å². The number of hydrogen-bond acceptors (Lipinski definition) is 1. The molecule has 0 spiro atoms. The molecule has 0 aliphatic heterocycles. The van der Waals surface area contributed by atoms with Gasteiger partial charge in [-0.25, -0.2) is 0 Å². The first-order valence-corrected chi connectivity index (χ1v) is 12.7. The van der Waals surface area contributed by atoms with E-state index in [0.29, 0.717) is 5.41 Å². The van der Waals surface area contributed by atoms with Gasteiger partial charge in [0.25, 0.3) is 0 Å². The highest BCUT2D eigenvalue weighted by Crippen LogP contribution is 2.34. The molecule has 1 fully saturated rings. The molecule has 0 aromatic carbocycles. The van der Waals surface area contributed by atoms with Crippen molar-refractivity contribution in [3.8, 4) is 0 Å². The topological polar surface area (TPSA) is 9.23 Å². The minimum Gasteiger partial charge on any atom is -0.381 e. The Labute approximate surface area is 172 Å². The molecule has 1 aliphatic rings. The van der Waals surface area contributed by atoms with Crippen molar-refractivity contribution in [2.24, 2.45) is 11.3 Å². The maximum absolute atomic E-state index is 5.76. The Kier molecular flexibility index (Phi) is 15.6. The molecular formula is C26H52O. The van der Waals surface area contributed by atoms with Crippen LogP contribution in [0, 0.1) is 11.3 Å². The summed E-state index contributed by atoms with van der Waals surface area (Å²) in [5.74, 6) is 1.14. The zero-order valence-corrected chi connectivity index (χ0v) is 19.3. The summed E-state index contributed by atoms with van der Waals surface area (Å²) in [5.41, 5.74) is 0.457. The van der Waals surface area contributed by atoms with E-state index in [1.165, 1.54) is 122 Å². The van der Waals surface area contributed by atoms with Crippen LogP contribution in [-0.4, -0.2) is 13.2 Å². The predicted molar refractivity (Wildman–Crippen MR) is 121 cm³/mol. The lowest BCUT2D eigenvalue weighted by Crippen LogP contribution is -2.07. The van der Waals surface area contributed by atoms with Gasteiger partial charge in [-0.2, -0.15) is 0 Å². The average Bonchev–Trinajstić information content (AvgIpc) is 3.43. The molecule has 162 valence electrons. The molecule has 27 heavy (non-hydrogen) atoms. The fourth-order valence-electron chi connectivity index (χ4n) is 3.97. The van der Waals surface area contributed by atoms with E-state index >= 15 is 0 Å². The predicted octanol–water partition coefficient (Wildman–Crippen LogP) is 9.09. The Morgan fingerprint density at radius 3 is 1.41 bits per heavy atom. The van der Waals surface area contributed by atoms with E-state index in [1.807, 2.05) is 0 Å². The number of unbranched alkanes of at least 4 members (excludes halogenated alkanes) is 13. The van der Waals surface area contributed by atoms with Crippen molar-refractivity contribution in [1.82, 2.24) is 0 Å². The monoisotopic (exact) mass is 380 g/mol. The minimum absolute atomic E-state index is 0.457. The van der Waals surface area contributed by atoms with Crippen LogP contribution in [0.25, 0.3) is 0 Å². The zero-order chi connectivity index (χ0) is 19.6. The molecular weight excluding hydrogens is 328 g/mol. The van der Waals surface area contributed by atoms with Crippen LogP contribution in [0.4, 0.5) is 0 Å². The fraction of sp³-hybridized carbons (Fsp3) is 1.00. The summed E-state index contributed by atoms with van der Waals surface area (Å²) < 4.78 is 5.76. The molecule has 0 aromatic rings. The van der Waals surface area contributed by atoms with Crippen molar-refractivity contribution in [1.29, 1.82) is 0 Å². The SMILES string of the molecule is CC(C)(C)CCCOCCCCCCCCCCCCCCCCC1CC1. The van der Waals surface area contributed by atoms with Gasteiger partial charge in [0.2, 0.25) is 0 Å². The average molecular weight is 381 g/mol. The molecule has 1 aliphatic carbocycles. The highest BCUT2D eigenvalue weighted by Gasteiger charge is 2.19. The quantitative estimate of drug-likeness (QED) is 0.191. The van der Waals surface area contributed by atoms with Crippen LogP contribution in [0.3, 0.4) is 0 Å². The van der Waals surface area contributed by atoms with E-state index in [2.05, 4.69) is 20.8 Å². The van der Waals surface area contributed by atoms with Crippen LogP contribution in [0.15, 0.2) is 0 Å². The molecule has 0 unspecified atom stereocenters. The van der Waals surface area contributed by atoms with E-state index < -0.39 is 0 Å². The van der Waals surface area contributed by atoms with Crippen LogP contribution in [0.2, 0.25) is 0 Å². The summed E-state index contributed by atoms with van der Waals surface area (Å²) in [5, 5.41) is 0. The third-order valence-electron chi connectivity index (χ3n) is 6.06. The van der Waals surface area contributed by atoms with Crippen molar-refractivity contribution < 1.29 is 4.74 Å². The first-order chi connectivity index (χ1) is 13.1. The van der Waals surface area contributed by atoms with Crippen molar-refractivity contribution in [2.45, 2.75) is 143 Å². The van der Waals surface area contributed by atoms with E-state index in [-0.39, 0.29) is 0 Å². The van der Waals surface area contributed by atoms with Crippen LogP contribution in [0.1, 0.15) is 143 Å². The van der Waals surface area contributed by atoms with Gasteiger partial charge in [-0.3, -0.25) is 0 Å². The summed E-state index contributed by atoms with van der Waals surface area (Å²) in [4.78, 5) is 0. The second kappa shape index (κ2) is 16.9. The first-order valence-electron chi connectivity index (χ1n) is 12.7. The number of ether oxygens (including phenoxy) is 1. The maximum Gasteiger partial charge on any atom is 0.0466 e. The lowest BCUT2D eigenvalue weighted by molar-refractivity contribution is 0.118. The number of hydrogen-bond donors (Lipinski definition) is 0. The zero-order valence-electron chi connectivity index (χ0n) is 19.3. The van der Waals surface area contributed by atoms with Gasteiger partial charge < -0.3 is 4.74 Å². The molecule has 0 amide bonds. The van der Waals surface area contributed by atoms with Gasteiger partial charge in [0.1, 0.15) is 0 Å². The Balaban J connectivity index is 1.62. The van der Waals surface area contributed by atoms with Gasteiger partial charge in [-0.1, -0.05) is 124 Å². The largest absolute Gasteiger partial charge is 0.381 e. The molecule has 0 radical (unpaired) electrons. The molecule has 0 heterocycles. The normalized spacial score (nSPS) is 14.8. The minimum atomic E-state index is 0.457. The Bertz CT molecular complexity index is 300. The maximum atomic E-state index is 5.76. The Morgan fingerprint density at radius 1 is 0.556 bits per heavy atom. The van der Waals surface area contributed by atoms with Crippen LogP contribution in [0.5, 0.6) is 0 Å². The fourth-order valence-corrected chi connectivity index (χ4v) is 3.97. The molecule has 1 rings (SSSR count). The third-order valence-corrected chi connectivity index (χ3v) is 6.06. The molecule has 0 aromatic heterocycles. The van der Waals surface area contributed by atoms with E-state index in [1.54, 1.807) is 0 Å². The summed E-state index contributed by atoms with van der Waals surface area (Å²) in [6.45, 7) is 8.86. The Morgan fingerprint density at radius 2 is 0.963 bits per heavy atom. The Hall–Kier alpha value is -0.0400. The molecule has 1 saturated carbocycles. The molecule has 0 bridgehead atoms. The standard InChI is InChI=1S/C26H52O/c1-26(2,3)22-18-24-27-23-17-15-13-11-9-7-5-4-6-8-10-12-14-16-19-25-20-21-25/h25H,4-24H2,1-3H3. The van der Waals surface area contributed by atoms with Crippen LogP contribution < -0.4 is 0 Å². The summed E-state index contributed by atoms with van der Waals surface area (Å²) in [6, 6.07) is 0. The molecule has 1 nitrogen and oxygen atoms in total. The second-order valence-electron chi connectivity index (χ2n) is 10.5. The lowest BCUT2D eigenvalue weighted by atomic mass is 9.91. The second-order valence-corrected chi connectivity index (χ2v) is 10.5.